The molecule has 1 saturated heterocycles. The van der Waals surface area contributed by atoms with Crippen LogP contribution in [0.3, 0.4) is 0 Å². The van der Waals surface area contributed by atoms with Gasteiger partial charge in [0.1, 0.15) is 17.2 Å². The quantitative estimate of drug-likeness (QED) is 0.671. The molecule has 1 aliphatic heterocycles. The first kappa shape index (κ1) is 17.7. The molecule has 0 spiro atoms. The maximum Gasteiger partial charge on any atom is 0.242 e. The number of nitrogens with zero attached hydrogens (tertiary/aromatic N) is 5. The zero-order chi connectivity index (χ0) is 18.5. The lowest BCUT2D eigenvalue weighted by Crippen LogP contribution is -2.29. The Morgan fingerprint density at radius 1 is 1.41 bits per heavy atom. The predicted octanol–water partition coefficient (Wildman–Crippen LogP) is 1.58. The summed E-state index contributed by atoms with van der Waals surface area (Å²) in [4.78, 5) is 25.0. The van der Waals surface area contributed by atoms with Gasteiger partial charge < -0.3 is 10.6 Å². The Morgan fingerprint density at radius 2 is 2.37 bits per heavy atom. The van der Waals surface area contributed by atoms with E-state index in [1.54, 1.807) is 23.3 Å². The molecular weight excluding hydrogens is 362 g/mol. The van der Waals surface area contributed by atoms with Crippen LogP contribution in [0.1, 0.15) is 30.1 Å². The third-order valence-corrected chi connectivity index (χ3v) is 5.40. The minimum absolute atomic E-state index is 0.0829. The number of piperidine rings is 1. The van der Waals surface area contributed by atoms with E-state index in [0.29, 0.717) is 12.5 Å². The van der Waals surface area contributed by atoms with Gasteiger partial charge in [-0.3, -0.25) is 19.4 Å². The summed E-state index contributed by atoms with van der Waals surface area (Å²) in [6, 6.07) is 2.01. The van der Waals surface area contributed by atoms with E-state index in [1.165, 1.54) is 17.8 Å². The summed E-state index contributed by atoms with van der Waals surface area (Å²) in [5.74, 6) is 0.359. The first-order chi connectivity index (χ1) is 13.3. The monoisotopic (exact) mass is 383 g/mol. The predicted molar refractivity (Wildman–Crippen MR) is 102 cm³/mol. The van der Waals surface area contributed by atoms with Crippen molar-refractivity contribution in [1.82, 2.24) is 35.4 Å². The van der Waals surface area contributed by atoms with Gasteiger partial charge in [-0.1, -0.05) is 0 Å². The maximum absolute atomic E-state index is 12.2. The van der Waals surface area contributed by atoms with Crippen LogP contribution in [-0.2, 0) is 17.9 Å². The van der Waals surface area contributed by atoms with Gasteiger partial charge in [0.25, 0.3) is 0 Å². The number of amides is 1. The van der Waals surface area contributed by atoms with E-state index in [9.17, 15) is 4.79 Å². The first-order valence-corrected chi connectivity index (χ1v) is 9.87. The Labute approximate surface area is 161 Å². The molecule has 1 fully saturated rings. The highest BCUT2D eigenvalue weighted by atomic mass is 32.1. The molecule has 0 aromatic carbocycles. The highest BCUT2D eigenvalue weighted by Crippen LogP contribution is 2.21. The van der Waals surface area contributed by atoms with E-state index < -0.39 is 0 Å². The Kier molecular flexibility index (Phi) is 5.50. The van der Waals surface area contributed by atoms with Gasteiger partial charge in [-0.05, 0) is 25.5 Å². The molecule has 0 unspecified atom stereocenters. The van der Waals surface area contributed by atoms with Gasteiger partial charge in [-0.15, -0.1) is 11.3 Å². The third-order valence-electron chi connectivity index (χ3n) is 4.48. The van der Waals surface area contributed by atoms with Crippen LogP contribution in [0.5, 0.6) is 0 Å². The lowest BCUT2D eigenvalue weighted by molar-refractivity contribution is -0.122. The second kappa shape index (κ2) is 8.36. The van der Waals surface area contributed by atoms with E-state index in [-0.39, 0.29) is 12.5 Å². The summed E-state index contributed by atoms with van der Waals surface area (Å²) < 4.78 is 1.70. The van der Waals surface area contributed by atoms with E-state index in [2.05, 4.69) is 30.7 Å². The molecule has 140 valence electrons. The zero-order valence-electron chi connectivity index (χ0n) is 14.8. The maximum atomic E-state index is 12.2. The van der Waals surface area contributed by atoms with Crippen molar-refractivity contribution in [3.8, 4) is 10.7 Å². The van der Waals surface area contributed by atoms with Crippen molar-refractivity contribution in [3.05, 3.63) is 47.6 Å². The molecule has 3 aromatic rings. The van der Waals surface area contributed by atoms with Crippen LogP contribution in [0, 0.1) is 0 Å². The number of hydrogen-bond donors (Lipinski definition) is 2. The van der Waals surface area contributed by atoms with Crippen LogP contribution >= 0.6 is 11.3 Å². The molecule has 9 heteroatoms. The molecule has 8 nitrogen and oxygen atoms in total. The highest BCUT2D eigenvalue weighted by Gasteiger charge is 2.18. The number of nitrogens with one attached hydrogen (secondary N) is 2. The molecular formula is C18H21N7OS. The molecule has 3 aromatic heterocycles. The van der Waals surface area contributed by atoms with Gasteiger partial charge in [0, 0.05) is 36.4 Å². The smallest absolute Gasteiger partial charge is 0.242 e. The fraction of sp³-hybridized carbons (Fsp3) is 0.389. The minimum Gasteiger partial charge on any atom is -0.349 e. The second-order valence-corrected chi connectivity index (χ2v) is 7.35. The van der Waals surface area contributed by atoms with Crippen LogP contribution < -0.4 is 10.6 Å². The second-order valence-electron chi connectivity index (χ2n) is 6.49. The normalized spacial score (nSPS) is 17.0. The van der Waals surface area contributed by atoms with Crippen molar-refractivity contribution in [2.75, 3.05) is 13.1 Å². The number of carbonyl (C=O) groups excluding carboxylic acids is 1. The summed E-state index contributed by atoms with van der Waals surface area (Å²) >= 11 is 1.49. The van der Waals surface area contributed by atoms with Crippen molar-refractivity contribution in [3.63, 3.8) is 0 Å². The average Bonchev–Trinajstić information content (AvgIpc) is 3.37. The van der Waals surface area contributed by atoms with Crippen molar-refractivity contribution < 1.29 is 4.79 Å². The van der Waals surface area contributed by atoms with Gasteiger partial charge in [-0.2, -0.15) is 5.10 Å². The Hall–Kier alpha value is -2.65. The van der Waals surface area contributed by atoms with Crippen molar-refractivity contribution in [2.45, 2.75) is 31.8 Å². The molecule has 0 radical (unpaired) electrons. The van der Waals surface area contributed by atoms with Crippen molar-refractivity contribution in [1.29, 1.82) is 0 Å². The van der Waals surface area contributed by atoms with Crippen LogP contribution in [0.15, 0.2) is 36.2 Å². The van der Waals surface area contributed by atoms with E-state index in [4.69, 9.17) is 0 Å². The number of aromatic nitrogens is 5. The molecule has 4 rings (SSSR count). The molecule has 0 aliphatic carbocycles. The highest BCUT2D eigenvalue weighted by molar-refractivity contribution is 7.13. The van der Waals surface area contributed by atoms with Crippen LogP contribution in [0.4, 0.5) is 0 Å². The zero-order valence-corrected chi connectivity index (χ0v) is 15.7. The van der Waals surface area contributed by atoms with Crippen LogP contribution in [0.25, 0.3) is 10.7 Å². The van der Waals surface area contributed by atoms with Gasteiger partial charge in [0.05, 0.1) is 24.1 Å². The first-order valence-electron chi connectivity index (χ1n) is 8.99. The fourth-order valence-electron chi connectivity index (χ4n) is 3.09. The summed E-state index contributed by atoms with van der Waals surface area (Å²) in [5.41, 5.74) is 2.60. The Balaban J connectivity index is 1.29. The standard InChI is InChI=1S/C18H21N7OS/c26-17(11-25-7-3-15(24-25)13-2-1-4-19-8-13)22-9-14-12-27-18(23-14)16-10-20-5-6-21-16/h3,5-7,10,12-13,19H,1-2,4,8-9,11H2,(H,22,26)/t13-/m1/s1. The van der Waals surface area contributed by atoms with Crippen LogP contribution in [0.2, 0.25) is 0 Å². The lowest BCUT2D eigenvalue weighted by Gasteiger charge is -2.20. The summed E-state index contributed by atoms with van der Waals surface area (Å²) in [6.07, 6.45) is 9.14. The van der Waals surface area contributed by atoms with Crippen molar-refractivity contribution in [2.24, 2.45) is 0 Å². The molecule has 0 saturated carbocycles. The summed E-state index contributed by atoms with van der Waals surface area (Å²) in [7, 11) is 0. The molecule has 1 amide bonds. The van der Waals surface area contributed by atoms with Gasteiger partial charge in [-0.25, -0.2) is 4.98 Å². The van der Waals surface area contributed by atoms with Gasteiger partial charge >= 0.3 is 0 Å². The number of thiazole rings is 1. The van der Waals surface area contributed by atoms with Crippen molar-refractivity contribution >= 4 is 17.2 Å². The summed E-state index contributed by atoms with van der Waals surface area (Å²) in [6.45, 7) is 2.63. The molecule has 0 bridgehead atoms. The average molecular weight is 383 g/mol. The lowest BCUT2D eigenvalue weighted by atomic mass is 9.97. The molecule has 1 aliphatic rings. The van der Waals surface area contributed by atoms with E-state index >= 15 is 0 Å². The largest absolute Gasteiger partial charge is 0.349 e. The molecule has 4 heterocycles. The Morgan fingerprint density at radius 3 is 3.19 bits per heavy atom. The number of carbonyl (C=O) groups is 1. The fourth-order valence-corrected chi connectivity index (χ4v) is 3.87. The topological polar surface area (TPSA) is 97.6 Å². The third kappa shape index (κ3) is 4.55. The Bertz CT molecular complexity index is 886. The van der Waals surface area contributed by atoms with Gasteiger partial charge in [0.15, 0.2) is 0 Å². The SMILES string of the molecule is O=C(Cn1ccc([C@@H]2CCCNC2)n1)NCc1csc(-c2cnccn2)n1. The van der Waals surface area contributed by atoms with E-state index in [1.807, 2.05) is 17.6 Å². The molecule has 1 atom stereocenters. The number of rotatable bonds is 6. The van der Waals surface area contributed by atoms with E-state index in [0.717, 1.165) is 41.6 Å². The summed E-state index contributed by atoms with van der Waals surface area (Å²) in [5, 5.41) is 13.6. The number of hydrogen-bond acceptors (Lipinski definition) is 7. The molecule has 27 heavy (non-hydrogen) atoms. The molecule has 2 N–H and O–H groups in total. The van der Waals surface area contributed by atoms with Gasteiger partial charge in [0.2, 0.25) is 5.91 Å². The minimum atomic E-state index is -0.0829. The van der Waals surface area contributed by atoms with Crippen LogP contribution in [-0.4, -0.2) is 43.7 Å².